The van der Waals surface area contributed by atoms with Crippen LogP contribution in [0.5, 0.6) is 0 Å². The summed E-state index contributed by atoms with van der Waals surface area (Å²) in [7, 11) is 2.24. The van der Waals surface area contributed by atoms with Gasteiger partial charge >= 0.3 is 0 Å². The van der Waals surface area contributed by atoms with Gasteiger partial charge in [0.05, 0.1) is 0 Å². The molecular formula is C11H24N2. The summed E-state index contributed by atoms with van der Waals surface area (Å²) in [6.07, 6.45) is 1.27. The summed E-state index contributed by atoms with van der Waals surface area (Å²) in [5.41, 5.74) is 0.342. The fourth-order valence-corrected chi connectivity index (χ4v) is 2.00. The van der Waals surface area contributed by atoms with Crippen LogP contribution in [0.25, 0.3) is 0 Å². The first kappa shape index (κ1) is 11.0. The van der Waals surface area contributed by atoms with Gasteiger partial charge in [0.25, 0.3) is 0 Å². The fraction of sp³-hybridized carbons (Fsp3) is 1.00. The van der Waals surface area contributed by atoms with Crippen molar-refractivity contribution in [3.63, 3.8) is 0 Å². The van der Waals surface area contributed by atoms with Crippen molar-refractivity contribution in [3.8, 4) is 0 Å². The lowest BCUT2D eigenvalue weighted by Gasteiger charge is -2.45. The van der Waals surface area contributed by atoms with Crippen LogP contribution in [0.3, 0.4) is 0 Å². The molecule has 0 aromatic carbocycles. The molecule has 1 atom stereocenters. The molecule has 1 fully saturated rings. The van der Waals surface area contributed by atoms with E-state index < -0.39 is 0 Å². The third-order valence-electron chi connectivity index (χ3n) is 3.20. The maximum Gasteiger partial charge on any atom is 0.0218 e. The first-order chi connectivity index (χ1) is 5.95. The second-order valence-electron chi connectivity index (χ2n) is 5.16. The third kappa shape index (κ3) is 2.68. The zero-order valence-corrected chi connectivity index (χ0v) is 9.80. The predicted octanol–water partition coefficient (Wildman–Crippen LogP) is 1.81. The Kier molecular flexibility index (Phi) is 3.36. The van der Waals surface area contributed by atoms with Crippen LogP contribution >= 0.6 is 0 Å². The molecule has 0 bridgehead atoms. The Morgan fingerprint density at radius 3 is 2.31 bits per heavy atom. The van der Waals surface area contributed by atoms with E-state index in [1.807, 2.05) is 0 Å². The van der Waals surface area contributed by atoms with Crippen molar-refractivity contribution in [1.29, 1.82) is 0 Å². The van der Waals surface area contributed by atoms with E-state index in [0.717, 1.165) is 6.04 Å². The highest BCUT2D eigenvalue weighted by molar-refractivity contribution is 4.86. The Morgan fingerprint density at radius 1 is 1.23 bits per heavy atom. The molecule has 1 saturated heterocycles. The zero-order chi connectivity index (χ0) is 10.1. The predicted molar refractivity (Wildman–Crippen MR) is 58.0 cm³/mol. The summed E-state index contributed by atoms with van der Waals surface area (Å²) in [5.74, 6) is 0. The number of nitrogens with zero attached hydrogens (tertiary/aromatic N) is 2. The fourth-order valence-electron chi connectivity index (χ4n) is 2.00. The van der Waals surface area contributed by atoms with Gasteiger partial charge in [-0.2, -0.15) is 0 Å². The first-order valence-electron chi connectivity index (χ1n) is 5.40. The minimum absolute atomic E-state index is 0.342. The average molecular weight is 184 g/mol. The molecule has 0 aliphatic carbocycles. The van der Waals surface area contributed by atoms with Crippen molar-refractivity contribution in [1.82, 2.24) is 9.80 Å². The molecular weight excluding hydrogens is 160 g/mol. The van der Waals surface area contributed by atoms with Crippen molar-refractivity contribution in [3.05, 3.63) is 0 Å². The van der Waals surface area contributed by atoms with Gasteiger partial charge in [-0.25, -0.2) is 0 Å². The average Bonchev–Trinajstić information content (AvgIpc) is 2.03. The third-order valence-corrected chi connectivity index (χ3v) is 3.20. The highest BCUT2D eigenvalue weighted by Gasteiger charge is 2.29. The molecule has 0 N–H and O–H groups in total. The summed E-state index contributed by atoms with van der Waals surface area (Å²) < 4.78 is 0. The van der Waals surface area contributed by atoms with Crippen molar-refractivity contribution < 1.29 is 0 Å². The Bertz CT molecular complexity index is 160. The van der Waals surface area contributed by atoms with E-state index in [4.69, 9.17) is 0 Å². The molecule has 0 amide bonds. The number of likely N-dealkylation sites (N-methyl/N-ethyl adjacent to an activating group) is 1. The zero-order valence-electron chi connectivity index (χ0n) is 9.80. The number of hydrogen-bond donors (Lipinski definition) is 0. The van der Waals surface area contributed by atoms with E-state index in [1.54, 1.807) is 0 Å². The van der Waals surface area contributed by atoms with Gasteiger partial charge in [-0.05, 0) is 34.2 Å². The molecule has 78 valence electrons. The van der Waals surface area contributed by atoms with Crippen molar-refractivity contribution >= 4 is 0 Å². The second kappa shape index (κ2) is 3.97. The molecule has 0 spiro atoms. The monoisotopic (exact) mass is 184 g/mol. The summed E-state index contributed by atoms with van der Waals surface area (Å²) in [4.78, 5) is 5.09. The Morgan fingerprint density at radius 2 is 1.85 bits per heavy atom. The molecule has 13 heavy (non-hydrogen) atoms. The quantitative estimate of drug-likeness (QED) is 0.613. The lowest BCUT2D eigenvalue weighted by molar-refractivity contribution is 0.0338. The van der Waals surface area contributed by atoms with Crippen LogP contribution in [0.4, 0.5) is 0 Å². The summed E-state index contributed by atoms with van der Waals surface area (Å²) in [6.45, 7) is 12.9. The van der Waals surface area contributed by atoms with Crippen molar-refractivity contribution in [2.75, 3.05) is 26.7 Å². The highest BCUT2D eigenvalue weighted by Crippen LogP contribution is 2.19. The molecule has 1 aliphatic rings. The van der Waals surface area contributed by atoms with Gasteiger partial charge in [0.15, 0.2) is 0 Å². The Hall–Kier alpha value is -0.0800. The van der Waals surface area contributed by atoms with Gasteiger partial charge in [0.2, 0.25) is 0 Å². The number of piperazine rings is 1. The molecule has 0 radical (unpaired) electrons. The van der Waals surface area contributed by atoms with E-state index in [1.165, 1.54) is 26.1 Å². The van der Waals surface area contributed by atoms with Gasteiger partial charge in [0, 0.05) is 31.2 Å². The molecule has 2 nitrogen and oxygen atoms in total. The summed E-state index contributed by atoms with van der Waals surface area (Å²) >= 11 is 0. The van der Waals surface area contributed by atoms with E-state index in [2.05, 4.69) is 44.5 Å². The summed E-state index contributed by atoms with van der Waals surface area (Å²) in [5, 5.41) is 0. The molecule has 1 unspecified atom stereocenters. The van der Waals surface area contributed by atoms with Gasteiger partial charge in [-0.15, -0.1) is 0 Å². The highest BCUT2D eigenvalue weighted by atomic mass is 15.3. The van der Waals surface area contributed by atoms with Crippen LogP contribution in [0.1, 0.15) is 34.1 Å². The second-order valence-corrected chi connectivity index (χ2v) is 5.16. The van der Waals surface area contributed by atoms with Gasteiger partial charge in [-0.3, -0.25) is 4.90 Å². The Balaban J connectivity index is 2.55. The molecule has 1 aliphatic heterocycles. The van der Waals surface area contributed by atoms with Gasteiger partial charge in [-0.1, -0.05) is 6.92 Å². The van der Waals surface area contributed by atoms with Crippen LogP contribution in [0.2, 0.25) is 0 Å². The molecule has 1 heterocycles. The topological polar surface area (TPSA) is 6.48 Å². The lowest BCUT2D eigenvalue weighted by atomic mass is 10.0. The number of hydrogen-bond acceptors (Lipinski definition) is 2. The molecule has 2 heteroatoms. The largest absolute Gasteiger partial charge is 0.301 e. The minimum Gasteiger partial charge on any atom is -0.301 e. The van der Waals surface area contributed by atoms with Gasteiger partial charge in [0.1, 0.15) is 0 Å². The van der Waals surface area contributed by atoms with E-state index in [-0.39, 0.29) is 0 Å². The SMILES string of the molecule is CCC1CN(C(C)(C)C)CCN1C. The standard InChI is InChI=1S/C11H24N2/c1-6-10-9-13(11(2,3)4)8-7-12(10)5/h10H,6-9H2,1-5H3. The first-order valence-corrected chi connectivity index (χ1v) is 5.40. The normalized spacial score (nSPS) is 27.9. The molecule has 0 aromatic rings. The molecule has 0 aromatic heterocycles. The molecule has 0 saturated carbocycles. The van der Waals surface area contributed by atoms with E-state index in [0.29, 0.717) is 5.54 Å². The van der Waals surface area contributed by atoms with Crippen LogP contribution < -0.4 is 0 Å². The maximum atomic E-state index is 2.60. The van der Waals surface area contributed by atoms with Crippen molar-refractivity contribution in [2.45, 2.75) is 45.7 Å². The van der Waals surface area contributed by atoms with E-state index >= 15 is 0 Å². The minimum atomic E-state index is 0.342. The van der Waals surface area contributed by atoms with Crippen molar-refractivity contribution in [2.24, 2.45) is 0 Å². The van der Waals surface area contributed by atoms with Crippen LogP contribution in [0.15, 0.2) is 0 Å². The smallest absolute Gasteiger partial charge is 0.0218 e. The summed E-state index contributed by atoms with van der Waals surface area (Å²) in [6, 6.07) is 0.757. The lowest BCUT2D eigenvalue weighted by Crippen LogP contribution is -2.56. The number of rotatable bonds is 1. The van der Waals surface area contributed by atoms with Gasteiger partial charge < -0.3 is 4.90 Å². The Labute approximate surface area is 82.9 Å². The van der Waals surface area contributed by atoms with Crippen LogP contribution in [-0.2, 0) is 0 Å². The van der Waals surface area contributed by atoms with Crippen LogP contribution in [0, 0.1) is 0 Å². The van der Waals surface area contributed by atoms with E-state index in [9.17, 15) is 0 Å². The molecule has 1 rings (SSSR count). The van der Waals surface area contributed by atoms with Crippen LogP contribution in [-0.4, -0.2) is 48.1 Å². The maximum absolute atomic E-state index is 2.60.